The van der Waals surface area contributed by atoms with E-state index >= 15 is 0 Å². The molecule has 142 valence electrons. The average Bonchev–Trinajstić information content (AvgIpc) is 3.32. The Bertz CT molecular complexity index is 818. The molecule has 1 unspecified atom stereocenters. The fourth-order valence-electron chi connectivity index (χ4n) is 3.55. The van der Waals surface area contributed by atoms with Crippen molar-refractivity contribution in [3.05, 3.63) is 23.8 Å². The number of rotatable bonds is 5. The van der Waals surface area contributed by atoms with E-state index in [9.17, 15) is 18.0 Å². The number of hydrogen-bond acceptors (Lipinski definition) is 5. The van der Waals surface area contributed by atoms with Crippen LogP contribution in [-0.2, 0) is 14.8 Å². The van der Waals surface area contributed by atoms with E-state index in [0.29, 0.717) is 32.5 Å². The van der Waals surface area contributed by atoms with Crippen molar-refractivity contribution in [2.45, 2.75) is 36.6 Å². The van der Waals surface area contributed by atoms with Gasteiger partial charge in [-0.1, -0.05) is 0 Å². The lowest BCUT2D eigenvalue weighted by molar-refractivity contribution is -0.121. The summed E-state index contributed by atoms with van der Waals surface area (Å²) in [5, 5.41) is 0. The van der Waals surface area contributed by atoms with Gasteiger partial charge < -0.3 is 15.4 Å². The molecular formula is C17H23N3O5S. The summed E-state index contributed by atoms with van der Waals surface area (Å²) in [6, 6.07) is 3.68. The quantitative estimate of drug-likeness (QED) is 0.802. The van der Waals surface area contributed by atoms with Crippen LogP contribution in [-0.4, -0.2) is 62.2 Å². The number of hydrogen-bond donors (Lipinski definition) is 1. The van der Waals surface area contributed by atoms with Crippen LogP contribution in [0.3, 0.4) is 0 Å². The first kappa shape index (κ1) is 18.7. The van der Waals surface area contributed by atoms with Crippen molar-refractivity contribution >= 4 is 21.8 Å². The second-order valence-electron chi connectivity index (χ2n) is 6.54. The third-order valence-corrected chi connectivity index (χ3v) is 6.86. The summed E-state index contributed by atoms with van der Waals surface area (Å²) < 4.78 is 32.5. The number of likely N-dealkylation sites (tertiary alicyclic amines) is 1. The average molecular weight is 381 g/mol. The molecule has 9 heteroatoms. The van der Waals surface area contributed by atoms with Crippen molar-refractivity contribution in [2.75, 3.05) is 26.7 Å². The van der Waals surface area contributed by atoms with Gasteiger partial charge in [-0.25, -0.2) is 8.42 Å². The predicted molar refractivity (Wildman–Crippen MR) is 94.2 cm³/mol. The number of methoxy groups -OCH3 is 1. The van der Waals surface area contributed by atoms with Crippen LogP contribution >= 0.6 is 0 Å². The highest BCUT2D eigenvalue weighted by Crippen LogP contribution is 2.31. The summed E-state index contributed by atoms with van der Waals surface area (Å²) in [7, 11) is -2.35. The number of primary amides is 1. The van der Waals surface area contributed by atoms with Crippen molar-refractivity contribution in [3.63, 3.8) is 0 Å². The summed E-state index contributed by atoms with van der Waals surface area (Å²) in [5.41, 5.74) is 5.58. The van der Waals surface area contributed by atoms with E-state index in [1.54, 1.807) is 0 Å². The molecule has 0 spiro atoms. The van der Waals surface area contributed by atoms with Crippen LogP contribution in [0.15, 0.2) is 23.1 Å². The lowest BCUT2D eigenvalue weighted by Crippen LogP contribution is -2.43. The number of ether oxygens (including phenoxy) is 1. The van der Waals surface area contributed by atoms with Gasteiger partial charge >= 0.3 is 0 Å². The van der Waals surface area contributed by atoms with E-state index in [4.69, 9.17) is 10.5 Å². The monoisotopic (exact) mass is 381 g/mol. The van der Waals surface area contributed by atoms with Gasteiger partial charge in [-0.15, -0.1) is 0 Å². The van der Waals surface area contributed by atoms with Crippen LogP contribution in [0.5, 0.6) is 5.75 Å². The van der Waals surface area contributed by atoms with Crippen molar-refractivity contribution < 1.29 is 22.7 Å². The van der Waals surface area contributed by atoms with Crippen LogP contribution in [0.25, 0.3) is 0 Å². The number of carbonyl (C=O) groups is 2. The fraction of sp³-hybridized carbons (Fsp3) is 0.529. The van der Waals surface area contributed by atoms with Gasteiger partial charge in [0.25, 0.3) is 5.91 Å². The molecule has 2 aliphatic rings. The predicted octanol–water partition coefficient (Wildman–Crippen LogP) is 0.570. The minimum atomic E-state index is -3.74. The molecule has 3 rings (SSSR count). The second kappa shape index (κ2) is 7.24. The first-order valence-corrected chi connectivity index (χ1v) is 10.1. The molecule has 0 saturated carbocycles. The molecule has 1 aromatic rings. The van der Waals surface area contributed by atoms with Gasteiger partial charge in [-0.3, -0.25) is 9.59 Å². The summed E-state index contributed by atoms with van der Waals surface area (Å²) in [6.07, 6.45) is 2.84. The van der Waals surface area contributed by atoms with Gasteiger partial charge in [0.15, 0.2) is 0 Å². The van der Waals surface area contributed by atoms with Crippen molar-refractivity contribution in [3.8, 4) is 5.75 Å². The Balaban J connectivity index is 1.97. The Hall–Kier alpha value is -2.13. The number of sulfonamides is 1. The van der Waals surface area contributed by atoms with E-state index < -0.39 is 27.9 Å². The molecule has 2 aliphatic heterocycles. The first-order valence-electron chi connectivity index (χ1n) is 8.64. The smallest absolute Gasteiger partial charge is 0.254 e. The molecule has 0 bridgehead atoms. The zero-order chi connectivity index (χ0) is 18.9. The largest absolute Gasteiger partial charge is 0.495 e. The Morgan fingerprint density at radius 2 is 1.85 bits per heavy atom. The maximum Gasteiger partial charge on any atom is 0.254 e. The topological polar surface area (TPSA) is 110 Å². The van der Waals surface area contributed by atoms with E-state index in [-0.39, 0.29) is 16.2 Å². The summed E-state index contributed by atoms with van der Waals surface area (Å²) >= 11 is 0. The zero-order valence-electron chi connectivity index (χ0n) is 14.7. The third kappa shape index (κ3) is 3.28. The summed E-state index contributed by atoms with van der Waals surface area (Å²) in [6.45, 7) is 1.34. The molecule has 2 amide bonds. The lowest BCUT2D eigenvalue weighted by atomic mass is 10.1. The molecule has 1 atom stereocenters. The highest BCUT2D eigenvalue weighted by molar-refractivity contribution is 7.89. The first-order chi connectivity index (χ1) is 12.4. The van der Waals surface area contributed by atoms with Gasteiger partial charge in [0, 0.05) is 25.2 Å². The SMILES string of the molecule is COc1ccc(C(=O)N2CCCC2C(N)=O)cc1S(=O)(=O)N1CCCC1. The van der Waals surface area contributed by atoms with Crippen LogP contribution in [0.1, 0.15) is 36.0 Å². The molecular weight excluding hydrogens is 358 g/mol. The molecule has 1 aromatic carbocycles. The van der Waals surface area contributed by atoms with Gasteiger partial charge in [0.05, 0.1) is 7.11 Å². The normalized spacial score (nSPS) is 21.1. The van der Waals surface area contributed by atoms with Crippen molar-refractivity contribution in [2.24, 2.45) is 5.73 Å². The molecule has 26 heavy (non-hydrogen) atoms. The maximum atomic E-state index is 12.9. The van der Waals surface area contributed by atoms with Crippen molar-refractivity contribution in [1.29, 1.82) is 0 Å². The fourth-order valence-corrected chi connectivity index (χ4v) is 5.25. The second-order valence-corrected chi connectivity index (χ2v) is 8.44. The minimum Gasteiger partial charge on any atom is -0.495 e. The summed E-state index contributed by atoms with van der Waals surface area (Å²) in [5.74, 6) is -0.748. The molecule has 8 nitrogen and oxygen atoms in total. The van der Waals surface area contributed by atoms with Crippen LogP contribution in [0, 0.1) is 0 Å². The molecule has 2 fully saturated rings. The number of amides is 2. The Kier molecular flexibility index (Phi) is 5.19. The lowest BCUT2D eigenvalue weighted by Gasteiger charge is -2.23. The Morgan fingerprint density at radius 3 is 2.46 bits per heavy atom. The Labute approximate surface area is 152 Å². The van der Waals surface area contributed by atoms with E-state index in [0.717, 1.165) is 12.8 Å². The third-order valence-electron chi connectivity index (χ3n) is 4.94. The highest BCUT2D eigenvalue weighted by atomic mass is 32.2. The standard InChI is InChI=1S/C17H23N3O5S/c1-25-14-7-6-12(17(22)20-10-4-5-13(20)16(18)21)11-15(14)26(23,24)19-8-2-3-9-19/h6-7,11,13H,2-5,8-10H2,1H3,(H2,18,21). The number of benzene rings is 1. The highest BCUT2D eigenvalue weighted by Gasteiger charge is 2.35. The zero-order valence-corrected chi connectivity index (χ0v) is 15.5. The molecule has 2 heterocycles. The van der Waals surface area contributed by atoms with Gasteiger partial charge in [0.1, 0.15) is 16.7 Å². The number of carbonyl (C=O) groups excluding carboxylic acids is 2. The molecule has 0 radical (unpaired) electrons. The van der Waals surface area contributed by atoms with E-state index in [2.05, 4.69) is 0 Å². The van der Waals surface area contributed by atoms with Gasteiger partial charge in [0.2, 0.25) is 15.9 Å². The van der Waals surface area contributed by atoms with Crippen molar-refractivity contribution in [1.82, 2.24) is 9.21 Å². The molecule has 0 aliphatic carbocycles. The minimum absolute atomic E-state index is 0.0254. The van der Waals surface area contributed by atoms with E-state index in [1.807, 2.05) is 0 Å². The van der Waals surface area contributed by atoms with Crippen LogP contribution < -0.4 is 10.5 Å². The number of nitrogens with zero attached hydrogens (tertiary/aromatic N) is 2. The van der Waals surface area contributed by atoms with E-state index in [1.165, 1.54) is 34.5 Å². The Morgan fingerprint density at radius 1 is 1.15 bits per heavy atom. The van der Waals surface area contributed by atoms with Crippen LogP contribution in [0.2, 0.25) is 0 Å². The molecule has 2 N–H and O–H groups in total. The molecule has 2 saturated heterocycles. The number of nitrogens with two attached hydrogens (primary N) is 1. The summed E-state index contributed by atoms with van der Waals surface area (Å²) in [4.78, 5) is 25.8. The molecule has 0 aromatic heterocycles. The van der Waals surface area contributed by atoms with Gasteiger partial charge in [-0.05, 0) is 43.9 Å². The van der Waals surface area contributed by atoms with Gasteiger partial charge in [-0.2, -0.15) is 4.31 Å². The van der Waals surface area contributed by atoms with Crippen LogP contribution in [0.4, 0.5) is 0 Å². The maximum absolute atomic E-state index is 12.9.